The van der Waals surface area contributed by atoms with Crippen LogP contribution in [0.5, 0.6) is 0 Å². The van der Waals surface area contributed by atoms with Crippen molar-refractivity contribution >= 4 is 0 Å². The monoisotopic (exact) mass is 242 g/mol. The van der Waals surface area contributed by atoms with Crippen molar-refractivity contribution in [1.82, 2.24) is 0 Å². The van der Waals surface area contributed by atoms with Gasteiger partial charge in [0.05, 0.1) is 0 Å². The molecule has 0 saturated heterocycles. The lowest BCUT2D eigenvalue weighted by Gasteiger charge is -2.41. The van der Waals surface area contributed by atoms with E-state index in [1.54, 1.807) is 0 Å². The van der Waals surface area contributed by atoms with Crippen LogP contribution in [-0.4, -0.2) is 24.3 Å². The van der Waals surface area contributed by atoms with Gasteiger partial charge in [0.25, 0.3) is 5.92 Å². The second-order valence-electron chi connectivity index (χ2n) is 4.12. The van der Waals surface area contributed by atoms with Crippen LogP contribution in [0.4, 0.5) is 22.0 Å². The average molecular weight is 242 g/mol. The maximum Gasteiger partial charge on any atom is 0.424 e. The number of hydrogen-bond acceptors (Lipinski definition) is 1. The van der Waals surface area contributed by atoms with Crippen molar-refractivity contribution in [3.05, 3.63) is 12.2 Å². The summed E-state index contributed by atoms with van der Waals surface area (Å²) in [6.07, 6.45) is -2.89. The minimum Gasteiger partial charge on any atom is -0.360 e. The van der Waals surface area contributed by atoms with Gasteiger partial charge >= 0.3 is 6.18 Å². The standard InChI is InChI=1S/C10H11F5O/c1-2-16-8(10(13,14)15)6-3-4-7(5-6)9(8,11)12/h3-4,6-7H,2,5H2,1H3/t6-,7+,8-/m1/s1. The fourth-order valence-electron chi connectivity index (χ4n) is 2.70. The summed E-state index contributed by atoms with van der Waals surface area (Å²) in [4.78, 5) is 0. The highest BCUT2D eigenvalue weighted by Crippen LogP contribution is 2.63. The fourth-order valence-corrected chi connectivity index (χ4v) is 2.70. The quantitative estimate of drug-likeness (QED) is 0.534. The summed E-state index contributed by atoms with van der Waals surface area (Å²) in [5.74, 6) is -6.50. The van der Waals surface area contributed by atoms with Crippen LogP contribution in [0.3, 0.4) is 0 Å². The van der Waals surface area contributed by atoms with Crippen LogP contribution in [0, 0.1) is 11.8 Å². The van der Waals surface area contributed by atoms with E-state index >= 15 is 0 Å². The molecule has 1 nitrogen and oxygen atoms in total. The molecule has 0 aliphatic heterocycles. The zero-order valence-electron chi connectivity index (χ0n) is 8.52. The van der Waals surface area contributed by atoms with Crippen molar-refractivity contribution in [2.24, 2.45) is 11.8 Å². The maximum atomic E-state index is 13.7. The van der Waals surface area contributed by atoms with E-state index in [9.17, 15) is 22.0 Å². The second kappa shape index (κ2) is 3.18. The summed E-state index contributed by atoms with van der Waals surface area (Å²) < 4.78 is 70.7. The van der Waals surface area contributed by atoms with Gasteiger partial charge in [-0.1, -0.05) is 12.2 Å². The molecule has 3 atom stereocenters. The fraction of sp³-hybridized carbons (Fsp3) is 0.800. The smallest absolute Gasteiger partial charge is 0.360 e. The molecule has 0 amide bonds. The summed E-state index contributed by atoms with van der Waals surface area (Å²) in [7, 11) is 0. The van der Waals surface area contributed by atoms with Crippen LogP contribution in [0.15, 0.2) is 12.2 Å². The molecule has 2 bridgehead atoms. The first kappa shape index (κ1) is 11.8. The van der Waals surface area contributed by atoms with Crippen molar-refractivity contribution in [3.63, 3.8) is 0 Å². The van der Waals surface area contributed by atoms with Crippen molar-refractivity contribution in [1.29, 1.82) is 0 Å². The lowest BCUT2D eigenvalue weighted by atomic mass is 9.84. The minimum atomic E-state index is -5.06. The van der Waals surface area contributed by atoms with Crippen LogP contribution < -0.4 is 0 Å². The maximum absolute atomic E-state index is 13.7. The van der Waals surface area contributed by atoms with E-state index in [0.717, 1.165) is 6.08 Å². The average Bonchev–Trinajstić information content (AvgIpc) is 2.65. The SMILES string of the molecule is CCO[C@]1(C(F)(F)F)[C@@H]2C=C[C@@H](C2)C1(F)F. The van der Waals surface area contributed by atoms with Gasteiger partial charge in [0.15, 0.2) is 0 Å². The zero-order chi connectivity index (χ0) is 12.2. The molecule has 0 radical (unpaired) electrons. The first-order valence-electron chi connectivity index (χ1n) is 5.04. The Labute approximate surface area is 89.3 Å². The van der Waals surface area contributed by atoms with Crippen LogP contribution in [0.2, 0.25) is 0 Å². The molecule has 0 heterocycles. The van der Waals surface area contributed by atoms with Gasteiger partial charge in [-0.05, 0) is 13.3 Å². The lowest BCUT2D eigenvalue weighted by molar-refractivity contribution is -0.349. The summed E-state index contributed by atoms with van der Waals surface area (Å²) in [5.41, 5.74) is -3.33. The number of hydrogen-bond donors (Lipinski definition) is 0. The highest BCUT2D eigenvalue weighted by Gasteiger charge is 2.80. The molecule has 0 aromatic rings. The molecule has 2 aliphatic rings. The lowest BCUT2D eigenvalue weighted by Crippen LogP contribution is -2.62. The van der Waals surface area contributed by atoms with Crippen LogP contribution >= 0.6 is 0 Å². The van der Waals surface area contributed by atoms with E-state index in [1.165, 1.54) is 13.0 Å². The number of ether oxygens (including phenoxy) is 1. The van der Waals surface area contributed by atoms with Gasteiger partial charge < -0.3 is 4.74 Å². The molecular formula is C10H11F5O. The van der Waals surface area contributed by atoms with E-state index in [0.29, 0.717) is 0 Å². The topological polar surface area (TPSA) is 9.23 Å². The Hall–Kier alpha value is -0.650. The Bertz CT molecular complexity index is 322. The van der Waals surface area contributed by atoms with Crippen LogP contribution in [-0.2, 0) is 4.74 Å². The number of fused-ring (bicyclic) bond motifs is 2. The molecule has 6 heteroatoms. The molecule has 2 aliphatic carbocycles. The van der Waals surface area contributed by atoms with Gasteiger partial charge in [0.2, 0.25) is 5.60 Å². The van der Waals surface area contributed by atoms with Gasteiger partial charge in [0, 0.05) is 18.4 Å². The normalized spacial score (nSPS) is 40.6. The number of halogens is 5. The Kier molecular flexibility index (Phi) is 2.35. The van der Waals surface area contributed by atoms with Gasteiger partial charge in [-0.3, -0.25) is 0 Å². The van der Waals surface area contributed by atoms with Crippen LogP contribution in [0.25, 0.3) is 0 Å². The van der Waals surface area contributed by atoms with Crippen molar-refractivity contribution in [2.45, 2.75) is 31.0 Å². The van der Waals surface area contributed by atoms with Gasteiger partial charge in [0.1, 0.15) is 0 Å². The predicted molar refractivity (Wildman–Crippen MR) is 46.1 cm³/mol. The largest absolute Gasteiger partial charge is 0.424 e. The third-order valence-corrected chi connectivity index (χ3v) is 3.36. The first-order chi connectivity index (χ1) is 7.27. The summed E-state index contributed by atoms with van der Waals surface area (Å²) >= 11 is 0. The highest BCUT2D eigenvalue weighted by atomic mass is 19.4. The molecule has 2 rings (SSSR count). The van der Waals surface area contributed by atoms with E-state index in [2.05, 4.69) is 4.74 Å². The molecule has 92 valence electrons. The summed E-state index contributed by atoms with van der Waals surface area (Å²) in [6, 6.07) is 0. The number of allylic oxidation sites excluding steroid dienone is 1. The molecule has 0 aromatic heterocycles. The third kappa shape index (κ3) is 1.14. The molecule has 1 fully saturated rings. The van der Waals surface area contributed by atoms with Crippen molar-refractivity contribution in [2.75, 3.05) is 6.61 Å². The number of rotatable bonds is 2. The molecular weight excluding hydrogens is 231 g/mol. The highest BCUT2D eigenvalue weighted by molar-refractivity contribution is 5.27. The molecule has 0 spiro atoms. The Morgan fingerprint density at radius 1 is 1.25 bits per heavy atom. The first-order valence-corrected chi connectivity index (χ1v) is 5.04. The summed E-state index contributed by atoms with van der Waals surface area (Å²) in [6.45, 7) is 0.908. The molecule has 0 N–H and O–H groups in total. The minimum absolute atomic E-state index is 0.188. The van der Waals surface area contributed by atoms with Gasteiger partial charge in [-0.25, -0.2) is 8.78 Å². The molecule has 1 saturated carbocycles. The van der Waals surface area contributed by atoms with Crippen molar-refractivity contribution in [3.8, 4) is 0 Å². The van der Waals surface area contributed by atoms with Gasteiger partial charge in [-0.15, -0.1) is 0 Å². The Balaban J connectivity index is 2.51. The third-order valence-electron chi connectivity index (χ3n) is 3.36. The summed E-state index contributed by atoms with van der Waals surface area (Å²) in [5, 5.41) is 0. The zero-order valence-corrected chi connectivity index (χ0v) is 8.52. The van der Waals surface area contributed by atoms with E-state index in [4.69, 9.17) is 0 Å². The predicted octanol–water partition coefficient (Wildman–Crippen LogP) is 3.17. The van der Waals surface area contributed by atoms with E-state index in [-0.39, 0.29) is 13.0 Å². The van der Waals surface area contributed by atoms with E-state index < -0.39 is 29.5 Å². The molecule has 0 aromatic carbocycles. The number of alkyl halides is 5. The van der Waals surface area contributed by atoms with Crippen LogP contribution in [0.1, 0.15) is 13.3 Å². The molecule has 0 unspecified atom stereocenters. The second-order valence-corrected chi connectivity index (χ2v) is 4.12. The Morgan fingerprint density at radius 2 is 1.81 bits per heavy atom. The van der Waals surface area contributed by atoms with Gasteiger partial charge in [-0.2, -0.15) is 13.2 Å². The molecule has 16 heavy (non-hydrogen) atoms. The van der Waals surface area contributed by atoms with Crippen molar-refractivity contribution < 1.29 is 26.7 Å². The van der Waals surface area contributed by atoms with E-state index in [1.807, 2.05) is 0 Å². The Morgan fingerprint density at radius 3 is 2.19 bits per heavy atom.